The highest BCUT2D eigenvalue weighted by Gasteiger charge is 2.66. The van der Waals surface area contributed by atoms with E-state index in [1.54, 1.807) is 313 Å². The van der Waals surface area contributed by atoms with Gasteiger partial charge in [-0.25, -0.2) is 0 Å². The summed E-state index contributed by atoms with van der Waals surface area (Å²) in [6.45, 7) is 0.894. The van der Waals surface area contributed by atoms with E-state index < -0.39 is 0 Å². The third-order valence-corrected chi connectivity index (χ3v) is 24.6. The summed E-state index contributed by atoms with van der Waals surface area (Å²) in [5.41, 5.74) is 6.79. The van der Waals surface area contributed by atoms with E-state index in [0.29, 0.717) is 0 Å². The van der Waals surface area contributed by atoms with Crippen molar-refractivity contribution >= 4 is 291 Å². The molecule has 1 heteroatoms. The Morgan fingerprint density at radius 1 is 0.231 bits per heavy atom. The molecule has 0 amide bonds. The van der Waals surface area contributed by atoms with Gasteiger partial charge in [0.25, 0.3) is 0 Å². The molecule has 28 aromatic rings. The molecule has 33 rings (SSSR count). The molecule has 4 aliphatic carbocycles. The zero-order valence-electron chi connectivity index (χ0n) is 33.2. The first-order valence-corrected chi connectivity index (χ1v) is 24.8. The Kier molecular flexibility index (Phi) is 1.87. The van der Waals surface area contributed by atoms with E-state index in [1.165, 1.54) is 6.42 Å². The van der Waals surface area contributed by atoms with Crippen LogP contribution in [0.2, 0.25) is 0 Å². The molecule has 0 saturated carbocycles. The Hall–Kier alpha value is -7.58. The Labute approximate surface area is 353 Å². The van der Waals surface area contributed by atoms with Crippen LogP contribution in [0.15, 0.2) is 0 Å². The second-order valence-corrected chi connectivity index (χ2v) is 24.6. The molecule has 65 heavy (non-hydrogen) atoms. The topological polar surface area (TPSA) is 9.23 Å². The summed E-state index contributed by atoms with van der Waals surface area (Å²) in [4.78, 5) is 0. The second-order valence-electron chi connectivity index (χ2n) is 24.6. The second kappa shape index (κ2) is 5.21. The average Bonchev–Trinajstić information content (AvgIpc) is 4.14. The fraction of sp³-hybridized carbons (Fsp3) is 0.0938. The molecule has 1 aliphatic heterocycles. The molecule has 0 bridgehead atoms. The number of ether oxygens (including phenoxy) is 1. The number of hydrogen-bond acceptors (Lipinski definition) is 1. The highest BCUT2D eigenvalue weighted by Crippen LogP contribution is 2.84. The van der Waals surface area contributed by atoms with E-state index >= 15 is 0 Å². The van der Waals surface area contributed by atoms with Gasteiger partial charge in [-0.15, -0.1) is 0 Å². The molecular weight excluding hydrogens is 785 g/mol. The van der Waals surface area contributed by atoms with E-state index in [9.17, 15) is 0 Å². The zero-order valence-corrected chi connectivity index (χ0v) is 33.2. The Morgan fingerprint density at radius 3 is 0.631 bits per heavy atom. The van der Waals surface area contributed by atoms with Crippen molar-refractivity contribution in [2.75, 3.05) is 6.61 Å². The molecule has 0 aromatic heterocycles. The lowest BCUT2D eigenvalue weighted by molar-refractivity contribution is 0.0547. The van der Waals surface area contributed by atoms with E-state index in [-0.39, 0.29) is 17.4 Å². The van der Waals surface area contributed by atoms with Crippen LogP contribution in [0, 0.1) is 0 Å². The predicted molar refractivity (Wildman–Crippen MR) is 274 cm³/mol. The molecule has 1 heterocycles. The first-order chi connectivity index (χ1) is 32.5. The Morgan fingerprint density at radius 2 is 0.415 bits per heavy atom. The summed E-state index contributed by atoms with van der Waals surface area (Å²) >= 11 is 0. The minimum atomic E-state index is -0.234. The summed E-state index contributed by atoms with van der Waals surface area (Å²) < 4.78 is 7.54. The fourth-order valence-corrected chi connectivity index (χ4v) is 24.7. The van der Waals surface area contributed by atoms with Crippen molar-refractivity contribution < 1.29 is 4.74 Å². The van der Waals surface area contributed by atoms with Crippen LogP contribution in [0.5, 0.6) is 0 Å². The zero-order chi connectivity index (χ0) is 38.0. The molecular formula is C64H8O. The molecule has 270 valence electrons. The first-order valence-electron chi connectivity index (χ1n) is 24.8. The number of hydrogen-bond donors (Lipinski definition) is 0. The predicted octanol–water partition coefficient (Wildman–Crippen LogP) is 17.3. The minimum Gasteiger partial charge on any atom is -0.377 e. The average molecular weight is 793 g/mol. The van der Waals surface area contributed by atoms with Crippen LogP contribution in [0.4, 0.5) is 0 Å². The van der Waals surface area contributed by atoms with E-state index in [0.717, 1.165) is 13.0 Å². The molecule has 1 saturated heterocycles. The van der Waals surface area contributed by atoms with Gasteiger partial charge >= 0.3 is 0 Å². The highest BCUT2D eigenvalue weighted by molar-refractivity contribution is 6.82. The first kappa shape index (κ1) is 23.4. The van der Waals surface area contributed by atoms with Crippen molar-refractivity contribution in [1.82, 2.24) is 0 Å². The number of benzene rings is 18. The van der Waals surface area contributed by atoms with Crippen LogP contribution < -0.4 is 0 Å². The number of rotatable bonds is 1. The summed E-state index contributed by atoms with van der Waals surface area (Å²) in [7, 11) is 0. The van der Waals surface area contributed by atoms with Crippen LogP contribution >= 0.6 is 0 Å². The Bertz CT molecular complexity index is 6750. The minimum absolute atomic E-state index is 0.170. The molecule has 0 spiro atoms. The van der Waals surface area contributed by atoms with Gasteiger partial charge in [0.05, 0.1) is 11.5 Å². The molecule has 1 fully saturated rings. The van der Waals surface area contributed by atoms with Crippen molar-refractivity contribution in [1.29, 1.82) is 0 Å². The van der Waals surface area contributed by atoms with Gasteiger partial charge < -0.3 is 4.74 Å². The van der Waals surface area contributed by atoms with E-state index in [4.69, 9.17) is 4.74 Å². The molecule has 1 unspecified atom stereocenters. The van der Waals surface area contributed by atoms with Gasteiger partial charge in [-0.05, 0) is 326 Å². The van der Waals surface area contributed by atoms with Crippen molar-refractivity contribution in [3.63, 3.8) is 0 Å². The third kappa shape index (κ3) is 1.21. The van der Waals surface area contributed by atoms with Crippen molar-refractivity contribution in [2.45, 2.75) is 30.3 Å². The fourth-order valence-electron chi connectivity index (χ4n) is 24.7. The molecule has 0 N–H and O–H groups in total. The van der Waals surface area contributed by atoms with Crippen molar-refractivity contribution in [3.05, 3.63) is 22.3 Å². The lowest BCUT2D eigenvalue weighted by Gasteiger charge is -2.48. The molecule has 28 aromatic carbocycles. The van der Waals surface area contributed by atoms with Crippen LogP contribution in [0.1, 0.15) is 41.0 Å². The van der Waals surface area contributed by atoms with E-state index in [1.807, 2.05) is 0 Å². The lowest BCUT2D eigenvalue weighted by Crippen LogP contribution is -2.46. The van der Waals surface area contributed by atoms with Gasteiger partial charge in [-0.1, -0.05) is 0 Å². The van der Waals surface area contributed by atoms with Crippen LogP contribution in [0.3, 0.4) is 0 Å². The van der Waals surface area contributed by atoms with Gasteiger partial charge in [0.2, 0.25) is 0 Å². The smallest absolute Gasteiger partial charge is 0.0723 e. The van der Waals surface area contributed by atoms with E-state index in [2.05, 4.69) is 0 Å². The maximum Gasteiger partial charge on any atom is 0.0723 e. The normalized spacial score (nSPS) is 23.8. The highest BCUT2D eigenvalue weighted by atomic mass is 16.5. The molecule has 5 aliphatic rings. The summed E-state index contributed by atoms with van der Waals surface area (Å²) in [5, 5.41) is 90.6. The van der Waals surface area contributed by atoms with Gasteiger partial charge in [-0.3, -0.25) is 0 Å². The monoisotopic (exact) mass is 792 g/mol. The standard InChI is InChI=1S/C64H8O/c1-2-4(65-3-1)64-61-57-51-37-29-21-9-6-5-7-10(9)22-24-20-14(7)16-12-8(5)11-15-13(6)19-23(21)35(37)43-41-27(19)25(15)33-31-17(11)18(12)32-34-26(16)28(20)42-44-36(24)38(30(22)29)52(51)58(61)54(44)56-48(42)46(34)50-40(32)39(31)49-45(33)47(41)55(53(43)57)62(64)59(49)60(50)63(56)64/h4,61H,1-3H2. The molecule has 0 radical (unpaired) electrons. The lowest BCUT2D eigenvalue weighted by atomic mass is 9.54. The maximum atomic E-state index is 7.54. The van der Waals surface area contributed by atoms with Crippen LogP contribution in [0.25, 0.3) is 291 Å². The quantitative estimate of drug-likeness (QED) is 0.150. The van der Waals surface area contributed by atoms with Crippen LogP contribution in [-0.4, -0.2) is 12.7 Å². The van der Waals surface area contributed by atoms with Gasteiger partial charge in [0.15, 0.2) is 0 Å². The SMILES string of the molecule is C1COC(C23c4c5c6c7c8c9c(c%10c%11c2c2c4c4c%12c5c5c6c6c8c8c%13c9c9c%10c%10c%11c%11c2c2c4c4c%12c%12c5c5c6c8c6c8c%13c9c9c%10c%10c%11c2c2c4c4c%12c5c6c5c8c9c%10c2c45)C73)C1. The van der Waals surface area contributed by atoms with Crippen LogP contribution in [-0.2, 0) is 10.2 Å². The summed E-state index contributed by atoms with van der Waals surface area (Å²) in [6, 6.07) is 0. The third-order valence-electron chi connectivity index (χ3n) is 24.6. The van der Waals surface area contributed by atoms with Crippen molar-refractivity contribution in [2.24, 2.45) is 0 Å². The van der Waals surface area contributed by atoms with Gasteiger partial charge in [0.1, 0.15) is 0 Å². The Balaban J connectivity index is 1.26. The van der Waals surface area contributed by atoms with Crippen molar-refractivity contribution in [3.8, 4) is 0 Å². The molecule has 1 nitrogen and oxygen atoms in total. The molecule has 1 atom stereocenters. The largest absolute Gasteiger partial charge is 0.377 e. The summed E-state index contributed by atoms with van der Waals surface area (Å²) in [6.07, 6.45) is 2.50. The summed E-state index contributed by atoms with van der Waals surface area (Å²) in [5.74, 6) is 0.288. The van der Waals surface area contributed by atoms with Gasteiger partial charge in [0, 0.05) is 12.5 Å². The van der Waals surface area contributed by atoms with Gasteiger partial charge in [-0.2, -0.15) is 0 Å². The maximum absolute atomic E-state index is 7.54.